The average molecular weight is 509 g/mol. The molecule has 0 saturated heterocycles. The first kappa shape index (κ1) is 23.4. The molecule has 39 heavy (non-hydrogen) atoms. The van der Waals surface area contributed by atoms with Gasteiger partial charge in [-0.2, -0.15) is 5.26 Å². The lowest BCUT2D eigenvalue weighted by Crippen LogP contribution is -2.30. The maximum absolute atomic E-state index is 10.1. The number of hydrogen-bond acceptors (Lipinski definition) is 2. The lowest BCUT2D eigenvalue weighted by Gasteiger charge is -2.20. The van der Waals surface area contributed by atoms with Crippen LogP contribution in [0.1, 0.15) is 38.8 Å². The molecule has 3 heteroatoms. The molecule has 0 unspecified atom stereocenters. The summed E-state index contributed by atoms with van der Waals surface area (Å²) in [5.41, 5.74) is 10.6. The summed E-state index contributed by atoms with van der Waals surface area (Å²) < 4.78 is 16.7. The van der Waals surface area contributed by atoms with E-state index in [2.05, 4.69) is 94.4 Å². The number of benzene rings is 4. The summed E-state index contributed by atoms with van der Waals surface area (Å²) in [5, 5.41) is 12.1. The Morgan fingerprint density at radius 1 is 0.795 bits per heavy atom. The van der Waals surface area contributed by atoms with Crippen LogP contribution in [-0.2, 0) is 12.5 Å². The van der Waals surface area contributed by atoms with Gasteiger partial charge in [-0.25, -0.2) is 4.57 Å². The Hall–Kier alpha value is -4.68. The minimum atomic E-state index is 0.0755. The Labute approximate surface area is 231 Å². The second-order valence-corrected chi connectivity index (χ2v) is 11.2. The molecule has 0 saturated carbocycles. The van der Waals surface area contributed by atoms with Gasteiger partial charge >= 0.3 is 0 Å². The van der Waals surface area contributed by atoms with Gasteiger partial charge < -0.3 is 4.42 Å². The van der Waals surface area contributed by atoms with Crippen molar-refractivity contribution < 1.29 is 10.4 Å². The highest BCUT2D eigenvalue weighted by Crippen LogP contribution is 2.42. The SMILES string of the molecule is [2H]c1ccc(-c2c(C)ccc3c2oc2c(-c4ccc(-c5cccc(C(C)(C)C)c5)cc4)c(C#N)ccc23)[n+](C)c1. The van der Waals surface area contributed by atoms with Crippen molar-refractivity contribution in [1.29, 1.82) is 5.26 Å². The average Bonchev–Trinajstić information content (AvgIpc) is 3.31. The molecule has 2 aromatic heterocycles. The van der Waals surface area contributed by atoms with Crippen LogP contribution in [0, 0.1) is 18.3 Å². The van der Waals surface area contributed by atoms with Gasteiger partial charge in [0.2, 0.25) is 5.69 Å². The first-order chi connectivity index (χ1) is 19.2. The van der Waals surface area contributed by atoms with Crippen LogP contribution < -0.4 is 4.57 Å². The van der Waals surface area contributed by atoms with E-state index < -0.39 is 0 Å². The second-order valence-electron chi connectivity index (χ2n) is 11.2. The molecule has 2 heterocycles. The van der Waals surface area contributed by atoms with Crippen LogP contribution in [0.5, 0.6) is 0 Å². The molecule has 0 N–H and O–H groups in total. The van der Waals surface area contributed by atoms with Crippen LogP contribution in [0.3, 0.4) is 0 Å². The van der Waals surface area contributed by atoms with Crippen LogP contribution in [0.25, 0.3) is 55.4 Å². The number of hydrogen-bond donors (Lipinski definition) is 0. The van der Waals surface area contributed by atoms with Gasteiger partial charge in [-0.1, -0.05) is 81.4 Å². The summed E-state index contributed by atoms with van der Waals surface area (Å²) in [4.78, 5) is 0. The molecular weight excluding hydrogens is 476 g/mol. The van der Waals surface area contributed by atoms with Crippen molar-refractivity contribution in [2.24, 2.45) is 7.05 Å². The summed E-state index contributed by atoms with van der Waals surface area (Å²) >= 11 is 0. The fourth-order valence-electron chi connectivity index (χ4n) is 5.42. The maximum Gasteiger partial charge on any atom is 0.216 e. The summed E-state index contributed by atoms with van der Waals surface area (Å²) in [7, 11) is 1.95. The standard InChI is InChI=1S/C36H31N2O/c1-23-12-18-29-30-19-17-27(22-37)33(35(30)39-34(29)32(23)31-11-6-7-20-38(31)5)25-15-13-24(14-16-25)26-9-8-10-28(21-26)36(2,3)4/h6-21H,1-5H3/q+1/i7D. The Kier molecular flexibility index (Phi) is 5.56. The van der Waals surface area contributed by atoms with Crippen LogP contribution in [0.4, 0.5) is 0 Å². The number of aromatic nitrogens is 1. The lowest BCUT2D eigenvalue weighted by atomic mass is 9.85. The molecule has 0 radical (unpaired) electrons. The third-order valence-corrected chi connectivity index (χ3v) is 7.62. The highest BCUT2D eigenvalue weighted by atomic mass is 16.3. The van der Waals surface area contributed by atoms with E-state index in [-0.39, 0.29) is 5.41 Å². The summed E-state index contributed by atoms with van der Waals surface area (Å²) in [5.74, 6) is 0. The molecule has 0 fully saturated rings. The van der Waals surface area contributed by atoms with Gasteiger partial charge in [-0.15, -0.1) is 0 Å². The topological polar surface area (TPSA) is 40.8 Å². The summed E-state index contributed by atoms with van der Waals surface area (Å²) in [6.45, 7) is 8.75. The monoisotopic (exact) mass is 508 g/mol. The van der Waals surface area contributed by atoms with E-state index in [0.717, 1.165) is 49.9 Å². The molecule has 0 aliphatic rings. The molecule has 190 valence electrons. The zero-order valence-corrected chi connectivity index (χ0v) is 23.0. The third kappa shape index (κ3) is 4.19. The maximum atomic E-state index is 10.1. The second kappa shape index (κ2) is 9.26. The van der Waals surface area contributed by atoms with Gasteiger partial charge in [0.1, 0.15) is 18.2 Å². The smallest absolute Gasteiger partial charge is 0.216 e. The summed E-state index contributed by atoms with van der Waals surface area (Å²) in [6.07, 6.45) is 1.80. The van der Waals surface area contributed by atoms with Gasteiger partial charge in [-0.3, -0.25) is 0 Å². The Balaban J connectivity index is 1.54. The predicted molar refractivity (Wildman–Crippen MR) is 159 cm³/mol. The Morgan fingerprint density at radius 2 is 1.49 bits per heavy atom. The number of rotatable bonds is 3. The molecule has 0 amide bonds. The molecule has 3 nitrogen and oxygen atoms in total. The van der Waals surface area contributed by atoms with Crippen LogP contribution in [0.2, 0.25) is 0 Å². The van der Waals surface area contributed by atoms with Gasteiger partial charge in [0.15, 0.2) is 6.20 Å². The zero-order chi connectivity index (χ0) is 28.2. The van der Waals surface area contributed by atoms with Crippen molar-refractivity contribution in [1.82, 2.24) is 0 Å². The van der Waals surface area contributed by atoms with E-state index in [4.69, 9.17) is 5.79 Å². The summed E-state index contributed by atoms with van der Waals surface area (Å²) in [6, 6.07) is 31.8. The number of aryl methyl sites for hydroxylation is 2. The molecule has 0 aliphatic heterocycles. The highest BCUT2D eigenvalue weighted by Gasteiger charge is 2.23. The van der Waals surface area contributed by atoms with Crippen molar-refractivity contribution in [3.63, 3.8) is 0 Å². The normalized spacial score (nSPS) is 12.1. The van der Waals surface area contributed by atoms with Crippen molar-refractivity contribution in [3.8, 4) is 39.6 Å². The first-order valence-corrected chi connectivity index (χ1v) is 13.2. The molecular formula is C36H31N2O+. The van der Waals surface area contributed by atoms with Crippen LogP contribution >= 0.6 is 0 Å². The fraction of sp³-hybridized carbons (Fsp3) is 0.167. The van der Waals surface area contributed by atoms with Gasteiger partial charge in [0, 0.05) is 28.4 Å². The van der Waals surface area contributed by atoms with Crippen molar-refractivity contribution in [3.05, 3.63) is 114 Å². The number of nitriles is 1. The number of furan rings is 1. The van der Waals surface area contributed by atoms with E-state index >= 15 is 0 Å². The molecule has 0 aliphatic carbocycles. The number of nitrogens with zero attached hydrogens (tertiary/aromatic N) is 2. The molecule has 6 aromatic rings. The highest BCUT2D eigenvalue weighted by molar-refractivity contribution is 6.14. The minimum absolute atomic E-state index is 0.0755. The van der Waals surface area contributed by atoms with Gasteiger partial charge in [0.05, 0.1) is 18.6 Å². The van der Waals surface area contributed by atoms with E-state index in [1.165, 1.54) is 11.1 Å². The Bertz CT molecular complexity index is 1970. The molecule has 0 bridgehead atoms. The quantitative estimate of drug-likeness (QED) is 0.224. The van der Waals surface area contributed by atoms with Crippen molar-refractivity contribution in [2.45, 2.75) is 33.1 Å². The number of fused-ring (bicyclic) bond motifs is 3. The molecule has 4 aromatic carbocycles. The van der Waals surface area contributed by atoms with Crippen LogP contribution in [-0.4, -0.2) is 0 Å². The van der Waals surface area contributed by atoms with Gasteiger partial charge in [0.25, 0.3) is 0 Å². The molecule has 6 rings (SSSR count). The molecule has 0 atom stereocenters. The van der Waals surface area contributed by atoms with Crippen molar-refractivity contribution in [2.75, 3.05) is 0 Å². The minimum Gasteiger partial charge on any atom is -0.454 e. The van der Waals surface area contributed by atoms with E-state index in [9.17, 15) is 5.26 Å². The number of pyridine rings is 1. The van der Waals surface area contributed by atoms with E-state index in [1.807, 2.05) is 29.8 Å². The third-order valence-electron chi connectivity index (χ3n) is 7.62. The first-order valence-electron chi connectivity index (χ1n) is 13.7. The molecule has 0 spiro atoms. The van der Waals surface area contributed by atoms with E-state index in [0.29, 0.717) is 17.2 Å². The lowest BCUT2D eigenvalue weighted by molar-refractivity contribution is -0.660. The van der Waals surface area contributed by atoms with Gasteiger partial charge in [-0.05, 0) is 58.4 Å². The largest absolute Gasteiger partial charge is 0.454 e. The fourth-order valence-corrected chi connectivity index (χ4v) is 5.42. The zero-order valence-electron chi connectivity index (χ0n) is 24.0. The van der Waals surface area contributed by atoms with Crippen molar-refractivity contribution >= 4 is 21.9 Å². The predicted octanol–water partition coefficient (Wildman–Crippen LogP) is 8.89. The Morgan fingerprint density at radius 3 is 2.18 bits per heavy atom. The van der Waals surface area contributed by atoms with Crippen LogP contribution in [0.15, 0.2) is 102 Å². The van der Waals surface area contributed by atoms with E-state index in [1.54, 1.807) is 12.3 Å².